The minimum atomic E-state index is -0.458. The lowest BCUT2D eigenvalue weighted by Gasteiger charge is -2.17. The van der Waals surface area contributed by atoms with Crippen LogP contribution in [0.1, 0.15) is 19.3 Å². The molecule has 2 heterocycles. The monoisotopic (exact) mass is 294 g/mol. The van der Waals surface area contributed by atoms with Crippen LogP contribution in [0.2, 0.25) is 0 Å². The highest BCUT2D eigenvalue weighted by atomic mass is 32.2. The standard InChI is InChI=1S/C14H22N4OS/c1-20-9-6-12(15)14(19)17-11-4-5-13(16-10-11)18-7-2-3-8-18/h4-5,10,12H,2-3,6-9,15H2,1H3,(H,17,19)/t12-/m0/s1. The zero-order chi connectivity index (χ0) is 14.4. The second-order valence-corrected chi connectivity index (χ2v) is 5.96. The van der Waals surface area contributed by atoms with Crippen LogP contribution in [0.5, 0.6) is 0 Å². The van der Waals surface area contributed by atoms with Crippen molar-refractivity contribution in [3.8, 4) is 0 Å². The molecule has 2 rings (SSSR count). The van der Waals surface area contributed by atoms with Crippen molar-refractivity contribution in [2.24, 2.45) is 5.73 Å². The van der Waals surface area contributed by atoms with Crippen molar-refractivity contribution in [3.05, 3.63) is 18.3 Å². The molecule has 0 aliphatic carbocycles. The fourth-order valence-electron chi connectivity index (χ4n) is 2.20. The van der Waals surface area contributed by atoms with Crippen LogP contribution in [0.4, 0.5) is 11.5 Å². The maximum absolute atomic E-state index is 11.9. The SMILES string of the molecule is CSCC[C@H](N)C(=O)Nc1ccc(N2CCCC2)nc1. The summed E-state index contributed by atoms with van der Waals surface area (Å²) in [5, 5.41) is 2.81. The van der Waals surface area contributed by atoms with Crippen LogP contribution in [0.15, 0.2) is 18.3 Å². The molecule has 3 N–H and O–H groups in total. The summed E-state index contributed by atoms with van der Waals surface area (Å²) in [6.45, 7) is 2.14. The van der Waals surface area contributed by atoms with Crippen LogP contribution >= 0.6 is 11.8 Å². The van der Waals surface area contributed by atoms with Gasteiger partial charge in [-0.05, 0) is 43.4 Å². The van der Waals surface area contributed by atoms with E-state index < -0.39 is 6.04 Å². The molecule has 1 saturated heterocycles. The maximum Gasteiger partial charge on any atom is 0.241 e. The summed E-state index contributed by atoms with van der Waals surface area (Å²) in [6.07, 6.45) is 6.85. The average Bonchev–Trinajstić information content (AvgIpc) is 2.99. The quantitative estimate of drug-likeness (QED) is 0.835. The molecule has 0 bridgehead atoms. The first-order valence-corrected chi connectivity index (χ1v) is 8.36. The molecular formula is C14H22N4OS. The van der Waals surface area contributed by atoms with Crippen LogP contribution in [0.25, 0.3) is 0 Å². The van der Waals surface area contributed by atoms with Gasteiger partial charge in [-0.15, -0.1) is 0 Å². The molecule has 6 heteroatoms. The molecule has 1 aromatic heterocycles. The van der Waals surface area contributed by atoms with E-state index in [0.717, 1.165) is 24.7 Å². The smallest absolute Gasteiger partial charge is 0.241 e. The maximum atomic E-state index is 11.9. The van der Waals surface area contributed by atoms with Gasteiger partial charge in [-0.2, -0.15) is 11.8 Å². The summed E-state index contributed by atoms with van der Waals surface area (Å²) in [5.74, 6) is 1.72. The normalized spacial score (nSPS) is 16.2. The van der Waals surface area contributed by atoms with Crippen molar-refractivity contribution in [1.82, 2.24) is 4.98 Å². The number of amides is 1. The zero-order valence-corrected chi connectivity index (χ0v) is 12.7. The van der Waals surface area contributed by atoms with Gasteiger partial charge in [0.1, 0.15) is 5.82 Å². The molecule has 1 amide bonds. The van der Waals surface area contributed by atoms with Crippen molar-refractivity contribution in [2.45, 2.75) is 25.3 Å². The third-order valence-corrected chi connectivity index (χ3v) is 4.06. The number of nitrogens with zero attached hydrogens (tertiary/aromatic N) is 2. The fourth-order valence-corrected chi connectivity index (χ4v) is 2.69. The summed E-state index contributed by atoms with van der Waals surface area (Å²) in [6, 6.07) is 3.38. The molecule has 1 atom stereocenters. The summed E-state index contributed by atoms with van der Waals surface area (Å²) in [5.41, 5.74) is 6.53. The van der Waals surface area contributed by atoms with Gasteiger partial charge in [0, 0.05) is 13.1 Å². The Labute approximate surface area is 124 Å². The summed E-state index contributed by atoms with van der Waals surface area (Å²) in [4.78, 5) is 18.5. The van der Waals surface area contributed by atoms with Gasteiger partial charge in [0.25, 0.3) is 0 Å². The average molecular weight is 294 g/mol. The van der Waals surface area contributed by atoms with Crippen LogP contribution in [0, 0.1) is 0 Å². The van der Waals surface area contributed by atoms with Crippen molar-refractivity contribution < 1.29 is 4.79 Å². The van der Waals surface area contributed by atoms with E-state index in [1.807, 2.05) is 18.4 Å². The van der Waals surface area contributed by atoms with Gasteiger partial charge in [0.15, 0.2) is 0 Å². The first-order chi connectivity index (χ1) is 9.70. The predicted molar refractivity (Wildman–Crippen MR) is 85.3 cm³/mol. The van der Waals surface area contributed by atoms with Crippen LogP contribution in [-0.2, 0) is 4.79 Å². The van der Waals surface area contributed by atoms with Crippen molar-refractivity contribution in [1.29, 1.82) is 0 Å². The Morgan fingerprint density at radius 2 is 2.25 bits per heavy atom. The van der Waals surface area contributed by atoms with Crippen molar-refractivity contribution in [3.63, 3.8) is 0 Å². The number of carbonyl (C=O) groups excluding carboxylic acids is 1. The number of pyridine rings is 1. The van der Waals surface area contributed by atoms with E-state index in [0.29, 0.717) is 12.1 Å². The van der Waals surface area contributed by atoms with Gasteiger partial charge in [-0.3, -0.25) is 4.79 Å². The molecule has 110 valence electrons. The lowest BCUT2D eigenvalue weighted by molar-refractivity contribution is -0.117. The number of nitrogens with two attached hydrogens (primary N) is 1. The highest BCUT2D eigenvalue weighted by Gasteiger charge is 2.15. The van der Waals surface area contributed by atoms with Crippen LogP contribution in [-0.4, -0.2) is 42.0 Å². The predicted octanol–water partition coefficient (Wildman–Crippen LogP) is 1.70. The van der Waals surface area contributed by atoms with Crippen molar-refractivity contribution in [2.75, 3.05) is 35.3 Å². The number of nitrogens with one attached hydrogen (secondary N) is 1. The number of aromatic nitrogens is 1. The Balaban J connectivity index is 1.88. The fraction of sp³-hybridized carbons (Fsp3) is 0.571. The summed E-state index contributed by atoms with van der Waals surface area (Å²) < 4.78 is 0. The molecular weight excluding hydrogens is 272 g/mol. The highest BCUT2D eigenvalue weighted by Crippen LogP contribution is 2.19. The van der Waals surface area contributed by atoms with Gasteiger partial charge in [0.2, 0.25) is 5.91 Å². The third-order valence-electron chi connectivity index (χ3n) is 3.42. The molecule has 0 saturated carbocycles. The topological polar surface area (TPSA) is 71.2 Å². The van der Waals surface area contributed by atoms with Crippen molar-refractivity contribution >= 4 is 29.2 Å². The molecule has 1 aliphatic rings. The van der Waals surface area contributed by atoms with E-state index in [-0.39, 0.29) is 5.91 Å². The van der Waals surface area contributed by atoms with Crippen LogP contribution < -0.4 is 16.0 Å². The lowest BCUT2D eigenvalue weighted by atomic mass is 10.2. The number of carbonyl (C=O) groups is 1. The molecule has 1 fully saturated rings. The number of hydrogen-bond donors (Lipinski definition) is 2. The van der Waals surface area contributed by atoms with E-state index in [1.54, 1.807) is 18.0 Å². The zero-order valence-electron chi connectivity index (χ0n) is 11.8. The van der Waals surface area contributed by atoms with Gasteiger partial charge in [0.05, 0.1) is 17.9 Å². The molecule has 20 heavy (non-hydrogen) atoms. The largest absolute Gasteiger partial charge is 0.357 e. The second-order valence-electron chi connectivity index (χ2n) is 4.98. The van der Waals surface area contributed by atoms with E-state index in [9.17, 15) is 4.79 Å². The molecule has 0 aromatic carbocycles. The van der Waals surface area contributed by atoms with Crippen LogP contribution in [0.3, 0.4) is 0 Å². The van der Waals surface area contributed by atoms with E-state index in [4.69, 9.17) is 5.73 Å². The van der Waals surface area contributed by atoms with E-state index >= 15 is 0 Å². The minimum absolute atomic E-state index is 0.144. The lowest BCUT2D eigenvalue weighted by Crippen LogP contribution is -2.36. The van der Waals surface area contributed by atoms with Gasteiger partial charge >= 0.3 is 0 Å². The molecule has 0 unspecified atom stereocenters. The molecule has 0 radical (unpaired) electrons. The minimum Gasteiger partial charge on any atom is -0.357 e. The van der Waals surface area contributed by atoms with E-state index in [1.165, 1.54) is 12.8 Å². The second kappa shape index (κ2) is 7.50. The Hall–Kier alpha value is -1.27. The Kier molecular flexibility index (Phi) is 5.67. The first-order valence-electron chi connectivity index (χ1n) is 6.97. The molecule has 1 aromatic rings. The van der Waals surface area contributed by atoms with Gasteiger partial charge in [-0.1, -0.05) is 0 Å². The van der Waals surface area contributed by atoms with E-state index in [2.05, 4.69) is 15.2 Å². The Morgan fingerprint density at radius 1 is 1.50 bits per heavy atom. The Bertz CT molecular complexity index is 431. The number of rotatable bonds is 6. The molecule has 5 nitrogen and oxygen atoms in total. The third kappa shape index (κ3) is 4.11. The Morgan fingerprint density at radius 3 is 2.85 bits per heavy atom. The number of anilines is 2. The van der Waals surface area contributed by atoms with Gasteiger partial charge in [-0.25, -0.2) is 4.98 Å². The first kappa shape index (κ1) is 15.1. The summed E-state index contributed by atoms with van der Waals surface area (Å²) in [7, 11) is 0. The van der Waals surface area contributed by atoms with Gasteiger partial charge < -0.3 is 16.0 Å². The highest BCUT2D eigenvalue weighted by molar-refractivity contribution is 7.98. The molecule has 1 aliphatic heterocycles. The number of hydrogen-bond acceptors (Lipinski definition) is 5. The summed E-state index contributed by atoms with van der Waals surface area (Å²) >= 11 is 1.69. The number of thioether (sulfide) groups is 1. The molecule has 0 spiro atoms.